The van der Waals surface area contributed by atoms with E-state index in [1.807, 2.05) is 19.1 Å². The number of fused-ring (bicyclic) bond motifs is 1. The summed E-state index contributed by atoms with van der Waals surface area (Å²) in [5.74, 6) is -0.234. The number of nitrogens with one attached hydrogen (secondary N) is 1. The number of morpholine rings is 1. The third kappa shape index (κ3) is 4.08. The highest BCUT2D eigenvalue weighted by Gasteiger charge is 2.32. The number of hydrogen-bond donors (Lipinski definition) is 1. The minimum Gasteiger partial charge on any atom is -0.383 e. The van der Waals surface area contributed by atoms with E-state index in [1.54, 1.807) is 23.7 Å². The van der Waals surface area contributed by atoms with Crippen LogP contribution in [0.3, 0.4) is 0 Å². The Morgan fingerprint density at radius 3 is 3.00 bits per heavy atom. The first-order chi connectivity index (χ1) is 14.6. The Kier molecular flexibility index (Phi) is 6.38. The van der Waals surface area contributed by atoms with Gasteiger partial charge >= 0.3 is 0 Å². The number of carbonyl (C=O) groups excluding carboxylic acids is 2. The SMILES string of the molecule is COCCNC(=O)c1sc2ncccc2c1[C@H]1CN(C(=O)c2scnc2C)CCO1. The summed E-state index contributed by atoms with van der Waals surface area (Å²) in [6, 6.07) is 3.79. The van der Waals surface area contributed by atoms with Gasteiger partial charge in [0.15, 0.2) is 0 Å². The van der Waals surface area contributed by atoms with Gasteiger partial charge in [0.1, 0.15) is 20.7 Å². The molecule has 0 radical (unpaired) electrons. The summed E-state index contributed by atoms with van der Waals surface area (Å²) in [5, 5.41) is 3.76. The molecule has 1 aliphatic rings. The standard InChI is InChI=1S/C20H22N4O4S2/c1-12-16(29-11-23-12)20(26)24-7-9-28-14(10-24)15-13-4-3-5-22-19(13)30-17(15)18(25)21-6-8-27-2/h3-5,11,14H,6-10H2,1-2H3,(H,21,25)/t14-/m1/s1. The van der Waals surface area contributed by atoms with Crippen molar-refractivity contribution in [2.75, 3.05) is 40.0 Å². The summed E-state index contributed by atoms with van der Waals surface area (Å²) in [5.41, 5.74) is 3.20. The number of nitrogens with zero attached hydrogens (tertiary/aromatic N) is 3. The third-order valence-electron chi connectivity index (χ3n) is 4.92. The molecule has 1 aliphatic heterocycles. The Morgan fingerprint density at radius 1 is 1.37 bits per heavy atom. The zero-order valence-electron chi connectivity index (χ0n) is 16.7. The molecule has 0 spiro atoms. The summed E-state index contributed by atoms with van der Waals surface area (Å²) in [7, 11) is 1.59. The molecule has 0 saturated carbocycles. The minimum atomic E-state index is -0.406. The Bertz CT molecular complexity index is 1060. The van der Waals surface area contributed by atoms with Crippen LogP contribution in [0.5, 0.6) is 0 Å². The van der Waals surface area contributed by atoms with Crippen LogP contribution in [0.25, 0.3) is 10.2 Å². The van der Waals surface area contributed by atoms with Gasteiger partial charge in [-0.15, -0.1) is 22.7 Å². The second-order valence-corrected chi connectivity index (χ2v) is 8.68. The number of hydrogen-bond acceptors (Lipinski definition) is 8. The lowest BCUT2D eigenvalue weighted by atomic mass is 10.0. The van der Waals surface area contributed by atoms with E-state index in [1.165, 1.54) is 22.7 Å². The number of thiophene rings is 1. The maximum Gasteiger partial charge on any atom is 0.266 e. The van der Waals surface area contributed by atoms with Crippen molar-refractivity contribution in [3.8, 4) is 0 Å². The van der Waals surface area contributed by atoms with E-state index in [9.17, 15) is 9.59 Å². The van der Waals surface area contributed by atoms with Crippen molar-refractivity contribution < 1.29 is 19.1 Å². The van der Waals surface area contributed by atoms with Crippen molar-refractivity contribution in [2.45, 2.75) is 13.0 Å². The van der Waals surface area contributed by atoms with Gasteiger partial charge in [-0.1, -0.05) is 6.07 Å². The van der Waals surface area contributed by atoms with Crippen LogP contribution in [0.15, 0.2) is 23.8 Å². The van der Waals surface area contributed by atoms with Crippen molar-refractivity contribution >= 4 is 44.7 Å². The minimum absolute atomic E-state index is 0.0490. The lowest BCUT2D eigenvalue weighted by Gasteiger charge is -2.33. The maximum absolute atomic E-state index is 13.0. The van der Waals surface area contributed by atoms with Crippen LogP contribution in [-0.2, 0) is 9.47 Å². The molecule has 0 aromatic carbocycles. The average molecular weight is 447 g/mol. The molecule has 1 saturated heterocycles. The smallest absolute Gasteiger partial charge is 0.266 e. The summed E-state index contributed by atoms with van der Waals surface area (Å²) in [6.07, 6.45) is 1.30. The van der Waals surface area contributed by atoms with Gasteiger partial charge < -0.3 is 19.7 Å². The number of ether oxygens (including phenoxy) is 2. The highest BCUT2D eigenvalue weighted by molar-refractivity contribution is 7.20. The number of rotatable bonds is 6. The first-order valence-corrected chi connectivity index (χ1v) is 11.2. The molecule has 1 N–H and O–H groups in total. The molecule has 1 fully saturated rings. The Hall–Kier alpha value is -2.40. The largest absolute Gasteiger partial charge is 0.383 e. The monoisotopic (exact) mass is 446 g/mol. The van der Waals surface area contributed by atoms with Gasteiger partial charge in [-0.05, 0) is 13.0 Å². The molecule has 0 bridgehead atoms. The molecule has 158 valence electrons. The number of aromatic nitrogens is 2. The molecule has 4 heterocycles. The van der Waals surface area contributed by atoms with Crippen LogP contribution < -0.4 is 5.32 Å². The van der Waals surface area contributed by atoms with Crippen LogP contribution in [0.1, 0.15) is 36.7 Å². The molecule has 0 unspecified atom stereocenters. The average Bonchev–Trinajstić information content (AvgIpc) is 3.37. The van der Waals surface area contributed by atoms with E-state index in [2.05, 4.69) is 15.3 Å². The molecule has 4 rings (SSSR count). The summed E-state index contributed by atoms with van der Waals surface area (Å²) >= 11 is 2.68. The van der Waals surface area contributed by atoms with Crippen LogP contribution in [-0.4, -0.2) is 66.6 Å². The van der Waals surface area contributed by atoms with E-state index >= 15 is 0 Å². The van der Waals surface area contributed by atoms with Gasteiger partial charge in [-0.3, -0.25) is 9.59 Å². The Morgan fingerprint density at radius 2 is 2.23 bits per heavy atom. The van der Waals surface area contributed by atoms with Crippen molar-refractivity contribution in [3.05, 3.63) is 44.9 Å². The fourth-order valence-corrected chi connectivity index (χ4v) is 5.33. The lowest BCUT2D eigenvalue weighted by molar-refractivity contribution is -0.0221. The van der Waals surface area contributed by atoms with Crippen molar-refractivity contribution in [3.63, 3.8) is 0 Å². The lowest BCUT2D eigenvalue weighted by Crippen LogP contribution is -2.42. The third-order valence-corrected chi connectivity index (χ3v) is 6.96. The zero-order valence-corrected chi connectivity index (χ0v) is 18.3. The van der Waals surface area contributed by atoms with Crippen molar-refractivity contribution in [1.29, 1.82) is 0 Å². The topological polar surface area (TPSA) is 93.7 Å². The van der Waals surface area contributed by atoms with Crippen LogP contribution >= 0.6 is 22.7 Å². The van der Waals surface area contributed by atoms with Crippen molar-refractivity contribution in [2.24, 2.45) is 0 Å². The van der Waals surface area contributed by atoms with Gasteiger partial charge in [0.05, 0.1) is 31.0 Å². The fourth-order valence-electron chi connectivity index (χ4n) is 3.45. The molecule has 2 amide bonds. The van der Waals surface area contributed by atoms with E-state index in [-0.39, 0.29) is 11.8 Å². The van der Waals surface area contributed by atoms with Crippen LogP contribution in [0.4, 0.5) is 0 Å². The number of thiazole rings is 1. The molecular weight excluding hydrogens is 424 g/mol. The number of pyridine rings is 1. The van der Waals surface area contributed by atoms with E-state index < -0.39 is 6.10 Å². The molecule has 30 heavy (non-hydrogen) atoms. The molecule has 3 aromatic rings. The van der Waals surface area contributed by atoms with Crippen LogP contribution in [0.2, 0.25) is 0 Å². The number of methoxy groups -OCH3 is 1. The second-order valence-electron chi connectivity index (χ2n) is 6.83. The van der Waals surface area contributed by atoms with Gasteiger partial charge in [-0.25, -0.2) is 9.97 Å². The summed E-state index contributed by atoms with van der Waals surface area (Å²) < 4.78 is 11.1. The first kappa shape index (κ1) is 20.9. The Labute approximate surface area is 181 Å². The number of carbonyl (C=O) groups is 2. The second kappa shape index (κ2) is 9.17. The number of aryl methyl sites for hydroxylation is 1. The predicted molar refractivity (Wildman–Crippen MR) is 115 cm³/mol. The van der Waals surface area contributed by atoms with Gasteiger partial charge in [0.2, 0.25) is 0 Å². The number of amides is 2. The Balaban J connectivity index is 1.64. The van der Waals surface area contributed by atoms with Gasteiger partial charge in [0, 0.05) is 37.3 Å². The van der Waals surface area contributed by atoms with Gasteiger partial charge in [-0.2, -0.15) is 0 Å². The molecule has 3 aromatic heterocycles. The molecule has 1 atom stereocenters. The summed E-state index contributed by atoms with van der Waals surface area (Å²) in [6.45, 7) is 3.95. The van der Waals surface area contributed by atoms with E-state index in [0.29, 0.717) is 42.6 Å². The van der Waals surface area contributed by atoms with Crippen molar-refractivity contribution in [1.82, 2.24) is 20.2 Å². The van der Waals surface area contributed by atoms with Gasteiger partial charge in [0.25, 0.3) is 11.8 Å². The van der Waals surface area contributed by atoms with Crippen LogP contribution in [0, 0.1) is 6.92 Å². The summed E-state index contributed by atoms with van der Waals surface area (Å²) in [4.78, 5) is 38.2. The molecule has 0 aliphatic carbocycles. The molecular formula is C20H22N4O4S2. The van der Waals surface area contributed by atoms with E-state index in [0.717, 1.165) is 21.5 Å². The zero-order chi connectivity index (χ0) is 21.1. The first-order valence-electron chi connectivity index (χ1n) is 9.55. The molecule has 8 nitrogen and oxygen atoms in total. The predicted octanol–water partition coefficient (Wildman–Crippen LogP) is 2.65. The molecule has 10 heteroatoms. The normalized spacial score (nSPS) is 16.7. The quantitative estimate of drug-likeness (QED) is 0.585. The van der Waals surface area contributed by atoms with E-state index in [4.69, 9.17) is 9.47 Å². The fraction of sp³-hybridized carbons (Fsp3) is 0.400. The maximum atomic E-state index is 13.0. The highest BCUT2D eigenvalue weighted by Crippen LogP contribution is 2.37. The highest BCUT2D eigenvalue weighted by atomic mass is 32.1.